The molecule has 4 nitrogen and oxygen atoms in total. The van der Waals surface area contributed by atoms with E-state index in [1.165, 1.54) is 44.1 Å². The Labute approximate surface area is 286 Å². The minimum atomic E-state index is -0.926. The molecule has 2 unspecified atom stereocenters. The van der Waals surface area contributed by atoms with E-state index in [0.29, 0.717) is 11.8 Å². The first kappa shape index (κ1) is 35.4. The molecule has 1 aliphatic carbocycles. The Balaban J connectivity index is 1.36. The number of nitrogens with one attached hydrogen (secondary N) is 1. The number of hydrogen-bond donors (Lipinski definition) is 1. The largest absolute Gasteiger partial charge is 0.457 e. The second-order valence-corrected chi connectivity index (χ2v) is 18.4. The topological polar surface area (TPSA) is 47.6 Å². The van der Waals surface area contributed by atoms with E-state index in [-0.39, 0.29) is 23.3 Å². The first-order valence-electron chi connectivity index (χ1n) is 18.1. The second-order valence-electron chi connectivity index (χ2n) is 16.4. The summed E-state index contributed by atoms with van der Waals surface area (Å²) in [5, 5.41) is 3.38. The van der Waals surface area contributed by atoms with Crippen molar-refractivity contribution in [2.45, 2.75) is 130 Å². The van der Waals surface area contributed by atoms with Crippen molar-refractivity contribution in [3.05, 3.63) is 89.0 Å². The number of amides is 1. The lowest BCUT2D eigenvalue weighted by Gasteiger charge is -2.39. The standard InChI is InChI=1S/C42H58NO3Si/c1-41(2,3)34(29-17-10-9-11-18-29)21-16-24-37(46-47(7)8)30-25-26-35(42(4,5)6)36(27-30)43-40(44)28-33-31-19-12-14-22-38(31)45-39-23-15-13-20-32(33)39/h12-15,19-20,22-23,25-27,29,33-34,37H,9-11,16-18,21,24,28H2,1-8H3,(H,43,44). The summed E-state index contributed by atoms with van der Waals surface area (Å²) in [5.41, 5.74) is 5.53. The number of ether oxygens (including phenoxy) is 1. The van der Waals surface area contributed by atoms with Gasteiger partial charge in [-0.1, -0.05) is 129 Å². The molecule has 253 valence electrons. The van der Waals surface area contributed by atoms with E-state index in [9.17, 15) is 4.79 Å². The smallest absolute Gasteiger partial charge is 0.225 e. The summed E-state index contributed by atoms with van der Waals surface area (Å²) in [4.78, 5) is 14.0. The maximum Gasteiger partial charge on any atom is 0.225 e. The molecule has 3 aromatic rings. The second kappa shape index (κ2) is 15.1. The highest BCUT2D eigenvalue weighted by molar-refractivity contribution is 6.48. The van der Waals surface area contributed by atoms with Gasteiger partial charge in [0.2, 0.25) is 14.9 Å². The molecule has 0 bridgehead atoms. The molecular formula is C42H58NO3Si. The van der Waals surface area contributed by atoms with E-state index < -0.39 is 9.04 Å². The summed E-state index contributed by atoms with van der Waals surface area (Å²) in [6.07, 6.45) is 10.8. The van der Waals surface area contributed by atoms with Crippen LogP contribution in [0.1, 0.15) is 134 Å². The van der Waals surface area contributed by atoms with Crippen molar-refractivity contribution >= 4 is 20.6 Å². The molecule has 1 saturated carbocycles. The Morgan fingerprint density at radius 2 is 1.49 bits per heavy atom. The van der Waals surface area contributed by atoms with Crippen molar-refractivity contribution in [2.75, 3.05) is 5.32 Å². The molecule has 1 fully saturated rings. The molecule has 0 spiro atoms. The van der Waals surface area contributed by atoms with Crippen LogP contribution in [-0.2, 0) is 14.6 Å². The lowest BCUT2D eigenvalue weighted by Crippen LogP contribution is -2.30. The molecule has 2 aliphatic rings. The fourth-order valence-corrected chi connectivity index (χ4v) is 8.97. The first-order chi connectivity index (χ1) is 22.3. The zero-order chi connectivity index (χ0) is 33.8. The highest BCUT2D eigenvalue weighted by Gasteiger charge is 2.33. The molecule has 2 atom stereocenters. The van der Waals surface area contributed by atoms with Gasteiger partial charge >= 0.3 is 0 Å². The highest BCUT2D eigenvalue weighted by Crippen LogP contribution is 2.46. The van der Waals surface area contributed by atoms with Gasteiger partial charge < -0.3 is 14.5 Å². The van der Waals surface area contributed by atoms with Gasteiger partial charge in [-0.25, -0.2) is 0 Å². The molecule has 0 aromatic heterocycles. The van der Waals surface area contributed by atoms with E-state index >= 15 is 0 Å². The van der Waals surface area contributed by atoms with Gasteiger partial charge in [-0.15, -0.1) is 0 Å². The fraction of sp³-hybridized carbons (Fsp3) is 0.548. The minimum Gasteiger partial charge on any atom is -0.457 e. The SMILES string of the molecule is C[Si](C)OC(CCCC(C1CCCCC1)C(C)(C)C)c1ccc(C(C)(C)C)c(NC(=O)CC2c3ccccc3Oc3ccccc32)c1. The van der Waals surface area contributed by atoms with Gasteiger partial charge in [-0.3, -0.25) is 4.79 Å². The zero-order valence-electron chi connectivity index (χ0n) is 30.2. The van der Waals surface area contributed by atoms with Crippen LogP contribution in [-0.4, -0.2) is 14.9 Å². The highest BCUT2D eigenvalue weighted by atomic mass is 28.3. The summed E-state index contributed by atoms with van der Waals surface area (Å²) in [5.74, 6) is 3.19. The first-order valence-corrected chi connectivity index (χ1v) is 20.5. The third kappa shape index (κ3) is 8.97. The lowest BCUT2D eigenvalue weighted by atomic mass is 9.66. The lowest BCUT2D eigenvalue weighted by molar-refractivity contribution is -0.116. The average Bonchev–Trinajstić information content (AvgIpc) is 3.01. The molecule has 3 aromatic carbocycles. The Kier molecular flexibility index (Phi) is 11.4. The van der Waals surface area contributed by atoms with Crippen molar-refractivity contribution in [3.8, 4) is 11.5 Å². The molecule has 1 heterocycles. The van der Waals surface area contributed by atoms with Gasteiger partial charge in [0.05, 0.1) is 6.10 Å². The van der Waals surface area contributed by atoms with E-state index in [4.69, 9.17) is 9.16 Å². The van der Waals surface area contributed by atoms with Gasteiger partial charge in [-0.2, -0.15) is 0 Å². The molecular weight excluding hydrogens is 595 g/mol. The van der Waals surface area contributed by atoms with Crippen molar-refractivity contribution in [1.82, 2.24) is 0 Å². The number of fused-ring (bicyclic) bond motifs is 2. The maximum absolute atomic E-state index is 14.0. The van der Waals surface area contributed by atoms with E-state index in [0.717, 1.165) is 58.6 Å². The fourth-order valence-electron chi connectivity index (χ4n) is 8.15. The number of para-hydroxylation sites is 2. The number of benzene rings is 3. The summed E-state index contributed by atoms with van der Waals surface area (Å²) >= 11 is 0. The zero-order valence-corrected chi connectivity index (χ0v) is 31.2. The number of anilines is 1. The van der Waals surface area contributed by atoms with Crippen LogP contribution in [0.5, 0.6) is 11.5 Å². The van der Waals surface area contributed by atoms with Crippen molar-refractivity contribution < 1.29 is 14.0 Å². The predicted octanol–water partition coefficient (Wildman–Crippen LogP) is 12.0. The third-order valence-corrected chi connectivity index (χ3v) is 11.1. The molecule has 5 rings (SSSR count). The average molecular weight is 653 g/mol. The van der Waals surface area contributed by atoms with Crippen LogP contribution in [0, 0.1) is 17.3 Å². The Morgan fingerprint density at radius 3 is 2.06 bits per heavy atom. The molecule has 47 heavy (non-hydrogen) atoms. The van der Waals surface area contributed by atoms with Crippen LogP contribution in [0.2, 0.25) is 13.1 Å². The third-order valence-electron chi connectivity index (χ3n) is 10.4. The minimum absolute atomic E-state index is 0.0119. The molecule has 1 radical (unpaired) electrons. The Morgan fingerprint density at radius 1 is 0.872 bits per heavy atom. The summed E-state index contributed by atoms with van der Waals surface area (Å²) in [6, 6.07) is 22.9. The summed E-state index contributed by atoms with van der Waals surface area (Å²) < 4.78 is 12.9. The number of rotatable bonds is 11. The van der Waals surface area contributed by atoms with Crippen LogP contribution in [0.25, 0.3) is 0 Å². The Hall–Kier alpha value is -2.89. The molecule has 0 saturated heterocycles. The van der Waals surface area contributed by atoms with Crippen molar-refractivity contribution in [2.24, 2.45) is 17.3 Å². The molecule has 1 N–H and O–H groups in total. The van der Waals surface area contributed by atoms with Crippen molar-refractivity contribution in [3.63, 3.8) is 0 Å². The monoisotopic (exact) mass is 652 g/mol. The molecule has 5 heteroatoms. The van der Waals surface area contributed by atoms with Gasteiger partial charge in [0.25, 0.3) is 0 Å². The van der Waals surface area contributed by atoms with Gasteiger partial charge in [-0.05, 0) is 77.9 Å². The van der Waals surface area contributed by atoms with Crippen LogP contribution in [0.15, 0.2) is 66.7 Å². The van der Waals surface area contributed by atoms with Gasteiger partial charge in [0.1, 0.15) is 11.5 Å². The predicted molar refractivity (Wildman–Crippen MR) is 198 cm³/mol. The maximum atomic E-state index is 14.0. The van der Waals surface area contributed by atoms with Crippen LogP contribution >= 0.6 is 0 Å². The van der Waals surface area contributed by atoms with Crippen LogP contribution in [0.3, 0.4) is 0 Å². The molecule has 1 amide bonds. The van der Waals surface area contributed by atoms with Gasteiger partial charge in [0.15, 0.2) is 0 Å². The summed E-state index contributed by atoms with van der Waals surface area (Å²) in [6.45, 7) is 18.4. The van der Waals surface area contributed by atoms with Gasteiger partial charge in [0, 0.05) is 29.2 Å². The molecule has 1 aliphatic heterocycles. The Bertz CT molecular complexity index is 1450. The number of carbonyl (C=O) groups excluding carboxylic acids is 1. The van der Waals surface area contributed by atoms with Crippen LogP contribution < -0.4 is 10.1 Å². The number of hydrogen-bond acceptors (Lipinski definition) is 3. The van der Waals surface area contributed by atoms with E-state index in [2.05, 4.69) is 90.3 Å². The van der Waals surface area contributed by atoms with E-state index in [1.807, 2.05) is 36.4 Å². The quantitative estimate of drug-likeness (QED) is 0.210. The van der Waals surface area contributed by atoms with Crippen LogP contribution in [0.4, 0.5) is 5.69 Å². The van der Waals surface area contributed by atoms with E-state index in [1.54, 1.807) is 0 Å². The van der Waals surface area contributed by atoms with Crippen molar-refractivity contribution in [1.29, 1.82) is 0 Å². The summed E-state index contributed by atoms with van der Waals surface area (Å²) in [7, 11) is -0.926. The number of carbonyl (C=O) groups is 1. The normalized spacial score (nSPS) is 17.0.